The number of phosphoric acid groups is 2. The smallest absolute Gasteiger partial charge is 0.386 e. The Morgan fingerprint density at radius 2 is 1.46 bits per heavy atom. The minimum atomic E-state index is -5.24. The molecule has 0 aromatic carbocycles. The molecule has 1 aromatic rings. The monoisotopic (exact) mass is 889 g/mol. The molecule has 2 saturated heterocycles. The van der Waals surface area contributed by atoms with E-state index in [0.717, 1.165) is 9.63 Å². The maximum atomic E-state index is 12.6. The number of hydrogen-bond acceptors (Lipinski definition) is 16. The van der Waals surface area contributed by atoms with Crippen LogP contribution in [0.1, 0.15) is 65.2 Å². The first-order valence-electron chi connectivity index (χ1n) is 19.0. The fraction of sp³-hybridized carbons (Fsp3) is 0.818. The number of ether oxygens (including phenoxy) is 5. The zero-order valence-corrected chi connectivity index (χ0v) is 35.4. The Morgan fingerprint density at radius 1 is 0.898 bits per heavy atom. The summed E-state index contributed by atoms with van der Waals surface area (Å²) in [6, 6.07) is 0. The zero-order valence-electron chi connectivity index (χ0n) is 33.6. The van der Waals surface area contributed by atoms with E-state index >= 15 is 0 Å². The van der Waals surface area contributed by atoms with Crippen LogP contribution in [0.25, 0.3) is 0 Å². The number of anilines is 1. The molecule has 1 radical (unpaired) electrons. The number of nitrogens with one attached hydrogen (secondary N) is 2. The minimum absolute atomic E-state index is 0.0720. The van der Waals surface area contributed by atoms with E-state index in [2.05, 4.69) is 24.7 Å². The van der Waals surface area contributed by atoms with Crippen molar-refractivity contribution in [3.05, 3.63) is 22.2 Å². The molecule has 2 aliphatic rings. The van der Waals surface area contributed by atoms with Gasteiger partial charge < -0.3 is 64.7 Å². The number of nitrogen functional groups attached to an aromatic ring is 1. The van der Waals surface area contributed by atoms with Gasteiger partial charge in [-0.1, -0.05) is 0 Å². The molecular formula is C33H59N6O18P2. The number of nitrogens with two attached hydrogens (primary N) is 1. The van der Waals surface area contributed by atoms with Gasteiger partial charge in [0.1, 0.15) is 24.1 Å². The first-order chi connectivity index (χ1) is 27.5. The van der Waals surface area contributed by atoms with Gasteiger partial charge in [0.15, 0.2) is 6.23 Å². The number of aliphatic hydroxyl groups excluding tert-OH is 1. The minimum Gasteiger partial charge on any atom is -0.386 e. The fourth-order valence-electron chi connectivity index (χ4n) is 6.80. The van der Waals surface area contributed by atoms with Crippen molar-refractivity contribution in [3.8, 4) is 0 Å². The van der Waals surface area contributed by atoms with Crippen molar-refractivity contribution in [3.63, 3.8) is 0 Å². The summed E-state index contributed by atoms with van der Waals surface area (Å²) in [6.45, 7) is 9.48. The van der Waals surface area contributed by atoms with Gasteiger partial charge in [0.2, 0.25) is 11.8 Å². The summed E-state index contributed by atoms with van der Waals surface area (Å²) in [5.41, 5.74) is 3.98. The predicted molar refractivity (Wildman–Crippen MR) is 203 cm³/mol. The molecule has 3 heterocycles. The lowest BCUT2D eigenvalue weighted by molar-refractivity contribution is -0.292. The highest BCUT2D eigenvalue weighted by Crippen LogP contribution is 2.45. The van der Waals surface area contributed by atoms with Gasteiger partial charge in [-0.3, -0.25) is 23.2 Å². The molecule has 1 aromatic heterocycles. The molecule has 0 bridgehead atoms. The van der Waals surface area contributed by atoms with Crippen LogP contribution in [0.2, 0.25) is 0 Å². The van der Waals surface area contributed by atoms with E-state index in [-0.39, 0.29) is 56.2 Å². The van der Waals surface area contributed by atoms with Gasteiger partial charge >= 0.3 is 21.3 Å². The molecule has 3 rings (SSSR count). The summed E-state index contributed by atoms with van der Waals surface area (Å²) in [4.78, 5) is 77.8. The molecule has 0 saturated carbocycles. The Balaban J connectivity index is 1.22. The van der Waals surface area contributed by atoms with Crippen LogP contribution in [-0.4, -0.2) is 153 Å². The highest BCUT2D eigenvalue weighted by Gasteiger charge is 2.50. The van der Waals surface area contributed by atoms with Gasteiger partial charge in [0.25, 0.3) is 0 Å². The average Bonchev–Trinajstić information content (AvgIpc) is 3.42. The van der Waals surface area contributed by atoms with E-state index < -0.39 is 63.6 Å². The third kappa shape index (κ3) is 17.4. The summed E-state index contributed by atoms with van der Waals surface area (Å²) in [5.74, 6) is -0.735. The van der Waals surface area contributed by atoms with Crippen molar-refractivity contribution in [1.29, 1.82) is 0 Å². The Labute approximate surface area is 341 Å². The summed E-state index contributed by atoms with van der Waals surface area (Å²) in [6.07, 6.45) is -4.21. The van der Waals surface area contributed by atoms with Crippen molar-refractivity contribution in [1.82, 2.24) is 25.2 Å². The van der Waals surface area contributed by atoms with E-state index in [1.54, 1.807) is 0 Å². The molecule has 4 atom stereocenters. The molecule has 339 valence electrons. The number of nitrogens with zero attached hydrogens (tertiary/aromatic N) is 3. The molecule has 24 nitrogen and oxygen atoms in total. The van der Waals surface area contributed by atoms with Crippen molar-refractivity contribution < 1.29 is 81.3 Å². The highest BCUT2D eigenvalue weighted by molar-refractivity contribution is 7.46. The molecule has 0 spiro atoms. The van der Waals surface area contributed by atoms with Gasteiger partial charge in [-0.05, 0) is 53.4 Å². The topological polar surface area (TPSA) is 342 Å². The van der Waals surface area contributed by atoms with Crippen LogP contribution in [0.15, 0.2) is 11.0 Å². The Bertz CT molecular complexity index is 1640. The van der Waals surface area contributed by atoms with Crippen LogP contribution in [0.3, 0.4) is 0 Å². The number of hydroxylamine groups is 2. The highest BCUT2D eigenvalue weighted by atomic mass is 31.2. The first kappa shape index (κ1) is 50.9. The van der Waals surface area contributed by atoms with Gasteiger partial charge in [-0.25, -0.2) is 13.9 Å². The van der Waals surface area contributed by atoms with Gasteiger partial charge in [-0.15, -0.1) is 10.3 Å². The second-order valence-corrected chi connectivity index (χ2v) is 17.6. The third-order valence-electron chi connectivity index (χ3n) is 9.35. The quantitative estimate of drug-likeness (QED) is 0.0404. The van der Waals surface area contributed by atoms with Crippen molar-refractivity contribution >= 4 is 33.3 Å². The van der Waals surface area contributed by atoms with Crippen molar-refractivity contribution in [2.75, 3.05) is 78.3 Å². The van der Waals surface area contributed by atoms with Crippen LogP contribution in [0.4, 0.5) is 5.82 Å². The van der Waals surface area contributed by atoms with Gasteiger partial charge in [-0.2, -0.15) is 4.98 Å². The summed E-state index contributed by atoms with van der Waals surface area (Å²) >= 11 is 0. The SMILES string of the molecule is CC1(C)CC(C(=O)NCCOCCOCCOCCOCCC(=O)NCCCc2cn([C@@H]3O[C@H](COP(=O)(O)O)C(OP(=O)(O)O)[C@@H]3O)c(=O)nc2N)CC(C)(C)N1[O]. The number of aliphatic hydroxyl groups is 1. The number of phosphoric ester groups is 2. The first-order valence-corrected chi connectivity index (χ1v) is 22.0. The fourth-order valence-corrected chi connectivity index (χ4v) is 7.72. The van der Waals surface area contributed by atoms with Gasteiger partial charge in [0.05, 0.1) is 59.5 Å². The summed E-state index contributed by atoms with van der Waals surface area (Å²) in [5, 5.41) is 29.9. The van der Waals surface area contributed by atoms with E-state index in [1.807, 2.05) is 27.7 Å². The lowest BCUT2D eigenvalue weighted by Crippen LogP contribution is -2.60. The lowest BCUT2D eigenvalue weighted by atomic mass is 9.75. The van der Waals surface area contributed by atoms with E-state index in [9.17, 15) is 43.6 Å². The molecule has 2 fully saturated rings. The second kappa shape index (κ2) is 23.1. The molecule has 59 heavy (non-hydrogen) atoms. The molecule has 9 N–H and O–H groups in total. The number of piperidine rings is 1. The van der Waals surface area contributed by atoms with Crippen LogP contribution in [0, 0.1) is 5.92 Å². The second-order valence-electron chi connectivity index (χ2n) is 15.2. The third-order valence-corrected chi connectivity index (χ3v) is 10.4. The van der Waals surface area contributed by atoms with E-state index in [0.29, 0.717) is 71.0 Å². The van der Waals surface area contributed by atoms with Crippen LogP contribution in [-0.2, 0) is 63.1 Å². The number of amides is 2. The number of aromatic nitrogens is 2. The van der Waals surface area contributed by atoms with E-state index in [4.69, 9.17) is 39.2 Å². The Morgan fingerprint density at radius 3 is 2.02 bits per heavy atom. The predicted octanol–water partition coefficient (Wildman–Crippen LogP) is -1.09. The Hall–Kier alpha value is -2.48. The molecule has 2 amide bonds. The number of aryl methyl sites for hydroxylation is 1. The lowest BCUT2D eigenvalue weighted by Gasteiger charge is -2.49. The molecule has 0 aliphatic carbocycles. The summed E-state index contributed by atoms with van der Waals surface area (Å²) < 4.78 is 59.7. The number of rotatable bonds is 26. The maximum absolute atomic E-state index is 12.6. The Kier molecular flexibility index (Phi) is 19.9. The van der Waals surface area contributed by atoms with Crippen LogP contribution < -0.4 is 22.1 Å². The molecule has 2 aliphatic heterocycles. The van der Waals surface area contributed by atoms with Gasteiger partial charge in [0, 0.05) is 48.3 Å². The standard InChI is InChI=1S/C33H59N6O18P2/c1-32(2)18-23(19-33(3,4)39(32)44)29(42)36-9-11-52-13-15-54-17-16-53-14-12-51-10-7-25(40)35-8-5-6-22-20-38(31(43)37-28(22)34)30-26(41)27(57-59(48,49)50)24(56-30)21-55-58(45,46)47/h20,23-24,26-27,30,41H,5-19,21H2,1-4H3,(H,35,40)(H,36,42)(H2,34,37,43)(H2,45,46,47)(H2,48,49,50)/t24-,26+,27?,30-/m1/s1. The van der Waals surface area contributed by atoms with E-state index in [1.165, 1.54) is 6.20 Å². The maximum Gasteiger partial charge on any atom is 0.470 e. The molecule has 26 heteroatoms. The average molecular weight is 890 g/mol. The van der Waals surface area contributed by atoms with Crippen LogP contribution in [0.5, 0.6) is 0 Å². The molecule has 1 unspecified atom stereocenters. The number of carbonyl (C=O) groups is 2. The summed E-state index contributed by atoms with van der Waals surface area (Å²) in [7, 11) is -10.3. The normalized spacial score (nSPS) is 22.4. The molecular weight excluding hydrogens is 830 g/mol. The zero-order chi connectivity index (χ0) is 44.0. The number of carbonyl (C=O) groups excluding carboxylic acids is 2. The largest absolute Gasteiger partial charge is 0.470 e. The number of hydrogen-bond donors (Lipinski definition) is 8. The van der Waals surface area contributed by atoms with Crippen LogP contribution >= 0.6 is 15.6 Å². The van der Waals surface area contributed by atoms with Crippen molar-refractivity contribution in [2.45, 2.75) is 95.4 Å². The van der Waals surface area contributed by atoms with Crippen molar-refractivity contribution in [2.24, 2.45) is 5.92 Å².